The molecule has 0 aromatic heterocycles. The molecule has 1 heterocycles. The van der Waals surface area contributed by atoms with Gasteiger partial charge in [0.1, 0.15) is 11.6 Å². The number of hydrogen-bond acceptors (Lipinski definition) is 4. The highest BCUT2D eigenvalue weighted by Crippen LogP contribution is 2.35. The van der Waals surface area contributed by atoms with Crippen molar-refractivity contribution in [2.45, 2.75) is 11.8 Å². The molecule has 0 radical (unpaired) electrons. The fourth-order valence-electron chi connectivity index (χ4n) is 1.30. The predicted molar refractivity (Wildman–Crippen MR) is 59.6 cm³/mol. The Balaban J connectivity index is 2.34. The molecule has 0 bridgehead atoms. The summed E-state index contributed by atoms with van der Waals surface area (Å²) < 4.78 is 5.39. The number of aliphatic imine (C=N–C) groups is 1. The lowest BCUT2D eigenvalue weighted by molar-refractivity contribution is 0.340. The van der Waals surface area contributed by atoms with Crippen LogP contribution in [-0.4, -0.2) is 18.2 Å². The third kappa shape index (κ3) is 1.85. The van der Waals surface area contributed by atoms with Crippen molar-refractivity contribution in [3.8, 4) is 5.75 Å². The third-order valence-corrected chi connectivity index (χ3v) is 2.98. The Hall–Kier alpha value is -1.16. The zero-order chi connectivity index (χ0) is 9.97. The van der Waals surface area contributed by atoms with Crippen molar-refractivity contribution in [1.82, 2.24) is 0 Å². The molecule has 3 nitrogen and oxygen atoms in total. The molecule has 2 rings (SSSR count). The van der Waals surface area contributed by atoms with Gasteiger partial charge >= 0.3 is 0 Å². The van der Waals surface area contributed by atoms with Crippen LogP contribution in [0.1, 0.15) is 6.92 Å². The van der Waals surface area contributed by atoms with E-state index in [-0.39, 0.29) is 0 Å². The fraction of sp³-hybridized carbons (Fsp3) is 0.300. The summed E-state index contributed by atoms with van der Waals surface area (Å²) in [4.78, 5) is 5.45. The Morgan fingerprint density at radius 1 is 1.57 bits per heavy atom. The first-order valence-electron chi connectivity index (χ1n) is 4.52. The van der Waals surface area contributed by atoms with Crippen LogP contribution in [-0.2, 0) is 0 Å². The van der Waals surface area contributed by atoms with E-state index in [1.807, 2.05) is 25.1 Å². The van der Waals surface area contributed by atoms with Gasteiger partial charge in [-0.2, -0.15) is 0 Å². The fourth-order valence-corrected chi connectivity index (χ4v) is 2.09. The second kappa shape index (κ2) is 3.92. The van der Waals surface area contributed by atoms with Crippen molar-refractivity contribution in [2.75, 3.05) is 12.4 Å². The van der Waals surface area contributed by atoms with Gasteiger partial charge in [0.25, 0.3) is 0 Å². The first-order chi connectivity index (χ1) is 6.79. The maximum atomic E-state index is 5.66. The smallest absolute Gasteiger partial charge is 0.121 e. The van der Waals surface area contributed by atoms with Crippen LogP contribution in [0, 0.1) is 0 Å². The lowest BCUT2D eigenvalue weighted by Gasteiger charge is -2.13. The molecular formula is C10H12N2OS. The third-order valence-electron chi connectivity index (χ3n) is 1.88. The molecule has 0 fully saturated rings. The van der Waals surface area contributed by atoms with Gasteiger partial charge in [-0.05, 0) is 19.1 Å². The van der Waals surface area contributed by atoms with Crippen molar-refractivity contribution in [2.24, 2.45) is 10.7 Å². The molecule has 0 atom stereocenters. The van der Waals surface area contributed by atoms with Gasteiger partial charge in [-0.1, -0.05) is 0 Å². The summed E-state index contributed by atoms with van der Waals surface area (Å²) in [5, 5.41) is 0. The normalized spacial score (nSPS) is 14.5. The number of thioether (sulfide) groups is 1. The minimum Gasteiger partial charge on any atom is -0.494 e. The number of benzene rings is 1. The van der Waals surface area contributed by atoms with Crippen LogP contribution >= 0.6 is 11.8 Å². The number of nitrogens with zero attached hydrogens (tertiary/aromatic N) is 1. The topological polar surface area (TPSA) is 47.6 Å². The molecule has 0 saturated heterocycles. The molecule has 2 N–H and O–H groups in total. The Morgan fingerprint density at radius 3 is 3.21 bits per heavy atom. The van der Waals surface area contributed by atoms with Crippen LogP contribution in [0.15, 0.2) is 28.1 Å². The zero-order valence-electron chi connectivity index (χ0n) is 7.99. The Bertz CT molecular complexity index is 376. The average Bonchev–Trinajstić information content (AvgIpc) is 2.17. The van der Waals surface area contributed by atoms with Crippen LogP contribution in [0.2, 0.25) is 0 Å². The van der Waals surface area contributed by atoms with Gasteiger partial charge in [-0.3, -0.25) is 0 Å². The van der Waals surface area contributed by atoms with Gasteiger partial charge in [0.05, 0.1) is 18.0 Å². The molecule has 74 valence electrons. The van der Waals surface area contributed by atoms with Gasteiger partial charge < -0.3 is 10.5 Å². The summed E-state index contributed by atoms with van der Waals surface area (Å²) in [5.74, 6) is 2.31. The molecule has 1 aliphatic rings. The molecule has 0 amide bonds. The number of hydrogen-bond donors (Lipinski definition) is 1. The minimum absolute atomic E-state index is 0.672. The predicted octanol–water partition coefficient (Wildman–Crippen LogP) is 2.18. The van der Waals surface area contributed by atoms with Crippen molar-refractivity contribution < 1.29 is 4.74 Å². The molecule has 1 aromatic rings. The maximum absolute atomic E-state index is 5.66. The standard InChI is InChI=1S/C10H12N2OS/c1-2-13-7-3-4-9-8(5-7)12-10(11)6-14-9/h3-5H,2,6H2,1H3,(H2,11,12). The molecule has 0 saturated carbocycles. The summed E-state index contributed by atoms with van der Waals surface area (Å²) in [6.07, 6.45) is 0. The SMILES string of the molecule is CCOc1ccc2c(c1)N=C(N)CS2. The molecule has 14 heavy (non-hydrogen) atoms. The molecule has 4 heteroatoms. The summed E-state index contributed by atoms with van der Waals surface area (Å²) in [6.45, 7) is 2.64. The number of rotatable bonds is 2. The molecular weight excluding hydrogens is 196 g/mol. The first kappa shape index (κ1) is 9.40. The molecule has 1 aromatic carbocycles. The van der Waals surface area contributed by atoms with Crippen LogP contribution in [0.4, 0.5) is 5.69 Å². The average molecular weight is 208 g/mol. The van der Waals surface area contributed by atoms with Crippen molar-refractivity contribution in [1.29, 1.82) is 0 Å². The van der Waals surface area contributed by atoms with Crippen LogP contribution in [0.3, 0.4) is 0 Å². The first-order valence-corrected chi connectivity index (χ1v) is 5.51. The van der Waals surface area contributed by atoms with E-state index in [1.165, 1.54) is 4.90 Å². The largest absolute Gasteiger partial charge is 0.494 e. The second-order valence-electron chi connectivity index (χ2n) is 2.95. The molecule has 0 aliphatic carbocycles. The van der Waals surface area contributed by atoms with E-state index in [9.17, 15) is 0 Å². The number of fused-ring (bicyclic) bond motifs is 1. The summed E-state index contributed by atoms with van der Waals surface area (Å²) in [5.41, 5.74) is 6.58. The highest BCUT2D eigenvalue weighted by atomic mass is 32.2. The Morgan fingerprint density at radius 2 is 2.43 bits per heavy atom. The highest BCUT2D eigenvalue weighted by molar-refractivity contribution is 8.00. The minimum atomic E-state index is 0.672. The zero-order valence-corrected chi connectivity index (χ0v) is 8.80. The molecule has 0 spiro atoms. The van der Waals surface area contributed by atoms with Gasteiger partial charge in [0.2, 0.25) is 0 Å². The summed E-state index contributed by atoms with van der Waals surface area (Å²) in [7, 11) is 0. The van der Waals surface area contributed by atoms with E-state index in [0.29, 0.717) is 12.4 Å². The quantitative estimate of drug-likeness (QED) is 0.810. The van der Waals surface area contributed by atoms with E-state index in [2.05, 4.69) is 4.99 Å². The van der Waals surface area contributed by atoms with E-state index in [4.69, 9.17) is 10.5 Å². The van der Waals surface area contributed by atoms with E-state index in [0.717, 1.165) is 17.2 Å². The van der Waals surface area contributed by atoms with E-state index in [1.54, 1.807) is 11.8 Å². The molecule has 0 unspecified atom stereocenters. The number of ether oxygens (including phenoxy) is 1. The van der Waals surface area contributed by atoms with E-state index < -0.39 is 0 Å². The number of nitrogens with two attached hydrogens (primary N) is 1. The lowest BCUT2D eigenvalue weighted by Crippen LogP contribution is -2.16. The Kier molecular flexibility index (Phi) is 2.63. The van der Waals surface area contributed by atoms with Gasteiger partial charge in [-0.15, -0.1) is 11.8 Å². The van der Waals surface area contributed by atoms with Crippen molar-refractivity contribution in [3.05, 3.63) is 18.2 Å². The van der Waals surface area contributed by atoms with Crippen LogP contribution in [0.25, 0.3) is 0 Å². The van der Waals surface area contributed by atoms with Gasteiger partial charge in [0.15, 0.2) is 0 Å². The lowest BCUT2D eigenvalue weighted by atomic mass is 10.3. The van der Waals surface area contributed by atoms with Gasteiger partial charge in [0, 0.05) is 11.0 Å². The molecule has 1 aliphatic heterocycles. The second-order valence-corrected chi connectivity index (χ2v) is 3.97. The van der Waals surface area contributed by atoms with E-state index >= 15 is 0 Å². The summed E-state index contributed by atoms with van der Waals surface area (Å²) >= 11 is 1.71. The van der Waals surface area contributed by atoms with Crippen molar-refractivity contribution in [3.63, 3.8) is 0 Å². The maximum Gasteiger partial charge on any atom is 0.121 e. The highest BCUT2D eigenvalue weighted by Gasteiger charge is 2.10. The van der Waals surface area contributed by atoms with Gasteiger partial charge in [-0.25, -0.2) is 4.99 Å². The summed E-state index contributed by atoms with van der Waals surface area (Å²) in [6, 6.07) is 5.92. The Labute approximate surface area is 87.4 Å². The van der Waals surface area contributed by atoms with Crippen LogP contribution in [0.5, 0.6) is 5.75 Å². The van der Waals surface area contributed by atoms with Crippen molar-refractivity contribution >= 4 is 23.3 Å². The van der Waals surface area contributed by atoms with Crippen LogP contribution < -0.4 is 10.5 Å². The monoisotopic (exact) mass is 208 g/mol. The number of amidine groups is 1.